The minimum absolute atomic E-state index is 0.0262. The van der Waals surface area contributed by atoms with Crippen molar-refractivity contribution in [2.24, 2.45) is 5.73 Å². The van der Waals surface area contributed by atoms with E-state index in [4.69, 9.17) is 5.73 Å². The third-order valence-corrected chi connectivity index (χ3v) is 4.61. The lowest BCUT2D eigenvalue weighted by molar-refractivity contribution is 0.591. The molecular weight excluding hydrogens is 275 g/mol. The Hall–Kier alpha value is -1.05. The molecule has 4 nitrogen and oxygen atoms in total. The van der Waals surface area contributed by atoms with Crippen molar-refractivity contribution in [2.45, 2.75) is 12.5 Å². The lowest BCUT2D eigenvalue weighted by Gasteiger charge is -2.06. The number of benzene rings is 1. The van der Waals surface area contributed by atoms with Crippen LogP contribution >= 0.6 is 11.3 Å². The van der Waals surface area contributed by atoms with E-state index in [1.807, 2.05) is 0 Å². The molecule has 1 heterocycles. The molecule has 0 fully saturated rings. The molecule has 0 aliphatic carbocycles. The van der Waals surface area contributed by atoms with Crippen molar-refractivity contribution in [3.8, 4) is 0 Å². The van der Waals surface area contributed by atoms with Crippen LogP contribution in [0, 0.1) is 5.82 Å². The van der Waals surface area contributed by atoms with E-state index in [9.17, 15) is 12.8 Å². The van der Waals surface area contributed by atoms with Gasteiger partial charge in [0, 0.05) is 6.26 Å². The van der Waals surface area contributed by atoms with Gasteiger partial charge in [0.05, 0.1) is 22.0 Å². The molecule has 0 aliphatic rings. The summed E-state index contributed by atoms with van der Waals surface area (Å²) in [5.41, 5.74) is 6.58. The molecule has 2 rings (SSSR count). The van der Waals surface area contributed by atoms with Gasteiger partial charge in [-0.2, -0.15) is 0 Å². The smallest absolute Gasteiger partial charge is 0.147 e. The van der Waals surface area contributed by atoms with E-state index in [0.29, 0.717) is 16.9 Å². The summed E-state index contributed by atoms with van der Waals surface area (Å²) < 4.78 is 35.9. The summed E-state index contributed by atoms with van der Waals surface area (Å²) in [6.07, 6.45) is 1.49. The molecule has 0 bridgehead atoms. The third-order valence-electron chi connectivity index (χ3n) is 2.48. The van der Waals surface area contributed by atoms with Crippen molar-refractivity contribution in [1.29, 1.82) is 0 Å². The number of hydrogen-bond donors (Lipinski definition) is 1. The van der Waals surface area contributed by atoms with E-state index in [1.165, 1.54) is 29.7 Å². The number of thiazole rings is 1. The topological polar surface area (TPSA) is 73.0 Å². The first-order valence-corrected chi connectivity index (χ1v) is 8.22. The molecule has 0 saturated carbocycles. The maximum Gasteiger partial charge on any atom is 0.147 e. The standard InChI is InChI=1S/C11H13FN2O2S2/c1-18(15,16)5-4-8(13)11-14-9-3-2-7(12)6-10(9)17-11/h2-3,6,8H,4-5,13H2,1H3. The van der Waals surface area contributed by atoms with Crippen LogP contribution < -0.4 is 5.73 Å². The first-order chi connectivity index (χ1) is 8.35. The molecule has 98 valence electrons. The maximum atomic E-state index is 13.0. The van der Waals surface area contributed by atoms with Crippen LogP contribution in [-0.2, 0) is 9.84 Å². The summed E-state index contributed by atoms with van der Waals surface area (Å²) in [5.74, 6) is -0.291. The minimum Gasteiger partial charge on any atom is -0.322 e. The molecule has 1 unspecified atom stereocenters. The summed E-state index contributed by atoms with van der Waals surface area (Å²) in [6.45, 7) is 0. The number of rotatable bonds is 4. The van der Waals surface area contributed by atoms with Crippen molar-refractivity contribution in [3.05, 3.63) is 29.0 Å². The summed E-state index contributed by atoms with van der Waals surface area (Å²) in [4.78, 5) is 4.29. The fraction of sp³-hybridized carbons (Fsp3) is 0.364. The Labute approximate surface area is 109 Å². The maximum absolute atomic E-state index is 13.0. The molecule has 18 heavy (non-hydrogen) atoms. The minimum atomic E-state index is -3.03. The van der Waals surface area contributed by atoms with E-state index in [0.717, 1.165) is 4.70 Å². The monoisotopic (exact) mass is 288 g/mol. The lowest BCUT2D eigenvalue weighted by atomic mass is 10.2. The predicted octanol–water partition coefficient (Wildman–Crippen LogP) is 1.87. The van der Waals surface area contributed by atoms with Crippen LogP contribution in [0.4, 0.5) is 4.39 Å². The molecule has 0 spiro atoms. The van der Waals surface area contributed by atoms with Crippen LogP contribution in [-0.4, -0.2) is 25.4 Å². The predicted molar refractivity (Wildman–Crippen MR) is 70.8 cm³/mol. The van der Waals surface area contributed by atoms with Gasteiger partial charge in [-0.3, -0.25) is 0 Å². The number of fused-ring (bicyclic) bond motifs is 1. The van der Waals surface area contributed by atoms with Gasteiger partial charge in [0.2, 0.25) is 0 Å². The quantitative estimate of drug-likeness (QED) is 0.932. The van der Waals surface area contributed by atoms with E-state index >= 15 is 0 Å². The van der Waals surface area contributed by atoms with Crippen LogP contribution in [0.25, 0.3) is 10.2 Å². The summed E-state index contributed by atoms with van der Waals surface area (Å²) >= 11 is 1.30. The Morgan fingerprint density at radius 2 is 2.22 bits per heavy atom. The van der Waals surface area contributed by atoms with Gasteiger partial charge in [0.25, 0.3) is 0 Å². The zero-order chi connectivity index (χ0) is 13.3. The van der Waals surface area contributed by atoms with Crippen LogP contribution in [0.15, 0.2) is 18.2 Å². The molecule has 1 aromatic carbocycles. The van der Waals surface area contributed by atoms with Crippen molar-refractivity contribution in [3.63, 3.8) is 0 Å². The van der Waals surface area contributed by atoms with Gasteiger partial charge < -0.3 is 5.73 Å². The summed E-state index contributed by atoms with van der Waals surface area (Å²) in [5, 5.41) is 0.638. The molecule has 0 aliphatic heterocycles. The average molecular weight is 288 g/mol. The average Bonchev–Trinajstić information content (AvgIpc) is 2.67. The molecule has 0 amide bonds. The lowest BCUT2D eigenvalue weighted by Crippen LogP contribution is -2.15. The summed E-state index contributed by atoms with van der Waals surface area (Å²) in [6, 6.07) is 3.90. The van der Waals surface area contributed by atoms with Gasteiger partial charge in [0.1, 0.15) is 20.7 Å². The fourth-order valence-corrected chi connectivity index (χ4v) is 3.25. The van der Waals surface area contributed by atoms with E-state index in [-0.39, 0.29) is 11.6 Å². The third kappa shape index (κ3) is 3.24. The van der Waals surface area contributed by atoms with Crippen molar-refractivity contribution in [2.75, 3.05) is 12.0 Å². The summed E-state index contributed by atoms with van der Waals surface area (Å²) in [7, 11) is -3.03. The molecule has 1 atom stereocenters. The van der Waals surface area contributed by atoms with Crippen LogP contribution in [0.1, 0.15) is 17.5 Å². The fourth-order valence-electron chi connectivity index (χ4n) is 1.54. The van der Waals surface area contributed by atoms with Gasteiger partial charge in [-0.1, -0.05) is 0 Å². The number of hydrogen-bond acceptors (Lipinski definition) is 5. The first kappa shape index (κ1) is 13.4. The Morgan fingerprint density at radius 1 is 1.50 bits per heavy atom. The number of nitrogens with zero attached hydrogens (tertiary/aromatic N) is 1. The van der Waals surface area contributed by atoms with Crippen molar-refractivity contribution >= 4 is 31.4 Å². The zero-order valence-electron chi connectivity index (χ0n) is 9.76. The second-order valence-electron chi connectivity index (χ2n) is 4.19. The number of halogens is 1. The molecule has 0 radical (unpaired) electrons. The van der Waals surface area contributed by atoms with Gasteiger partial charge in [0.15, 0.2) is 0 Å². The number of aromatic nitrogens is 1. The molecule has 7 heteroatoms. The highest BCUT2D eigenvalue weighted by atomic mass is 32.2. The molecule has 0 saturated heterocycles. The Morgan fingerprint density at radius 3 is 2.89 bits per heavy atom. The van der Waals surface area contributed by atoms with Gasteiger partial charge in [-0.15, -0.1) is 11.3 Å². The van der Waals surface area contributed by atoms with E-state index in [2.05, 4.69) is 4.98 Å². The molecule has 2 aromatic rings. The number of sulfone groups is 1. The Balaban J connectivity index is 2.20. The second kappa shape index (κ2) is 4.91. The van der Waals surface area contributed by atoms with Crippen molar-refractivity contribution in [1.82, 2.24) is 4.98 Å². The highest BCUT2D eigenvalue weighted by Crippen LogP contribution is 2.27. The molecular formula is C11H13FN2O2S2. The van der Waals surface area contributed by atoms with E-state index < -0.39 is 15.9 Å². The van der Waals surface area contributed by atoms with Gasteiger partial charge in [-0.25, -0.2) is 17.8 Å². The molecule has 1 aromatic heterocycles. The van der Waals surface area contributed by atoms with Gasteiger partial charge in [-0.05, 0) is 24.6 Å². The van der Waals surface area contributed by atoms with Gasteiger partial charge >= 0.3 is 0 Å². The van der Waals surface area contributed by atoms with Crippen LogP contribution in [0.2, 0.25) is 0 Å². The van der Waals surface area contributed by atoms with Crippen molar-refractivity contribution < 1.29 is 12.8 Å². The second-order valence-corrected chi connectivity index (χ2v) is 7.51. The normalized spacial score (nSPS) is 13.9. The van der Waals surface area contributed by atoms with Crippen LogP contribution in [0.3, 0.4) is 0 Å². The largest absolute Gasteiger partial charge is 0.322 e. The first-order valence-electron chi connectivity index (χ1n) is 5.34. The number of nitrogens with two attached hydrogens (primary N) is 1. The Bertz CT molecular complexity index is 667. The zero-order valence-corrected chi connectivity index (χ0v) is 11.4. The molecule has 2 N–H and O–H groups in total. The van der Waals surface area contributed by atoms with Crippen LogP contribution in [0.5, 0.6) is 0 Å². The Kier molecular flexibility index (Phi) is 3.65. The highest BCUT2D eigenvalue weighted by Gasteiger charge is 2.14. The SMILES string of the molecule is CS(=O)(=O)CCC(N)c1nc2ccc(F)cc2s1. The van der Waals surface area contributed by atoms with E-state index in [1.54, 1.807) is 6.07 Å². The highest BCUT2D eigenvalue weighted by molar-refractivity contribution is 7.90.